The van der Waals surface area contributed by atoms with Gasteiger partial charge in [-0.25, -0.2) is 0 Å². The Morgan fingerprint density at radius 3 is 2.81 bits per heavy atom. The number of rotatable bonds is 6. The number of amides is 1. The molecular formula is C22H25NO3. The van der Waals surface area contributed by atoms with Crippen LogP contribution in [0.5, 0.6) is 11.5 Å². The van der Waals surface area contributed by atoms with E-state index < -0.39 is 0 Å². The summed E-state index contributed by atoms with van der Waals surface area (Å²) in [6.07, 6.45) is 5.45. The van der Waals surface area contributed by atoms with Crippen LogP contribution in [0.15, 0.2) is 48.5 Å². The number of hydrogen-bond donors (Lipinski definition) is 0. The Balaban J connectivity index is 1.72. The van der Waals surface area contributed by atoms with Gasteiger partial charge in [0.2, 0.25) is 5.91 Å². The minimum Gasteiger partial charge on any atom is -0.493 e. The summed E-state index contributed by atoms with van der Waals surface area (Å²) in [6, 6.07) is 14.2. The highest BCUT2D eigenvalue weighted by molar-refractivity contribution is 5.92. The highest BCUT2D eigenvalue weighted by atomic mass is 16.5. The topological polar surface area (TPSA) is 38.8 Å². The number of methoxy groups -OCH3 is 1. The van der Waals surface area contributed by atoms with Gasteiger partial charge in [0.1, 0.15) is 0 Å². The van der Waals surface area contributed by atoms with Crippen LogP contribution in [0.4, 0.5) is 0 Å². The molecule has 26 heavy (non-hydrogen) atoms. The Bertz CT molecular complexity index is 813. The summed E-state index contributed by atoms with van der Waals surface area (Å²) < 4.78 is 10.9. The van der Waals surface area contributed by atoms with Crippen LogP contribution >= 0.6 is 0 Å². The summed E-state index contributed by atoms with van der Waals surface area (Å²) in [7, 11) is 3.49. The van der Waals surface area contributed by atoms with Crippen LogP contribution in [0.25, 0.3) is 6.08 Å². The van der Waals surface area contributed by atoms with Crippen LogP contribution in [0.2, 0.25) is 0 Å². The molecule has 1 aliphatic rings. The number of fused-ring (bicyclic) bond motifs is 1. The lowest BCUT2D eigenvalue weighted by Gasteiger charge is -2.24. The van der Waals surface area contributed by atoms with Gasteiger partial charge < -0.3 is 14.4 Å². The molecule has 4 heteroatoms. The standard InChI is InChI=1S/C22H25NO3/c1-4-26-21-15-16(9-13-20(21)25-3)10-14-22(24)23(2)19-12-11-17-7-5-6-8-18(17)19/h5-10,13-15,19H,4,11-12H2,1-3H3/b14-10+. The van der Waals surface area contributed by atoms with E-state index in [0.29, 0.717) is 18.1 Å². The van der Waals surface area contributed by atoms with Crippen LogP contribution < -0.4 is 9.47 Å². The molecular weight excluding hydrogens is 326 g/mol. The average Bonchev–Trinajstić information content (AvgIpc) is 3.10. The molecule has 1 amide bonds. The van der Waals surface area contributed by atoms with Crippen molar-refractivity contribution in [3.05, 3.63) is 65.2 Å². The lowest BCUT2D eigenvalue weighted by atomic mass is 10.1. The van der Waals surface area contributed by atoms with Gasteiger partial charge in [0.15, 0.2) is 11.5 Å². The van der Waals surface area contributed by atoms with Crippen molar-refractivity contribution >= 4 is 12.0 Å². The summed E-state index contributed by atoms with van der Waals surface area (Å²) in [5.74, 6) is 1.37. The molecule has 2 aromatic carbocycles. The van der Waals surface area contributed by atoms with E-state index in [1.165, 1.54) is 11.1 Å². The molecule has 0 spiro atoms. The SMILES string of the molecule is CCOc1cc(/C=C/C(=O)N(C)C2CCc3ccccc32)ccc1OC. The van der Waals surface area contributed by atoms with Gasteiger partial charge in [-0.1, -0.05) is 30.3 Å². The fraction of sp³-hybridized carbons (Fsp3) is 0.318. The van der Waals surface area contributed by atoms with E-state index in [9.17, 15) is 4.79 Å². The monoisotopic (exact) mass is 351 g/mol. The minimum absolute atomic E-state index is 0.000445. The second-order valence-corrected chi connectivity index (χ2v) is 6.38. The number of hydrogen-bond acceptors (Lipinski definition) is 3. The van der Waals surface area contributed by atoms with Crippen molar-refractivity contribution in [1.29, 1.82) is 0 Å². The van der Waals surface area contributed by atoms with Gasteiger partial charge in [-0.3, -0.25) is 4.79 Å². The number of likely N-dealkylation sites (N-methyl/N-ethyl adjacent to an activating group) is 1. The third-order valence-corrected chi connectivity index (χ3v) is 4.82. The highest BCUT2D eigenvalue weighted by Gasteiger charge is 2.27. The van der Waals surface area contributed by atoms with E-state index in [-0.39, 0.29) is 11.9 Å². The van der Waals surface area contributed by atoms with E-state index in [2.05, 4.69) is 18.2 Å². The second kappa shape index (κ2) is 8.09. The number of carbonyl (C=O) groups excluding carboxylic acids is 1. The van der Waals surface area contributed by atoms with Gasteiger partial charge in [-0.15, -0.1) is 0 Å². The third-order valence-electron chi connectivity index (χ3n) is 4.82. The molecule has 3 rings (SSSR count). The molecule has 0 radical (unpaired) electrons. The first-order valence-electron chi connectivity index (χ1n) is 8.97. The van der Waals surface area contributed by atoms with E-state index in [4.69, 9.17) is 9.47 Å². The molecule has 2 aromatic rings. The minimum atomic E-state index is 0.000445. The Morgan fingerprint density at radius 2 is 2.04 bits per heavy atom. The number of nitrogens with zero attached hydrogens (tertiary/aromatic N) is 1. The van der Waals surface area contributed by atoms with Gasteiger partial charge in [-0.2, -0.15) is 0 Å². The number of ether oxygens (including phenoxy) is 2. The predicted octanol–water partition coefficient (Wildman–Crippen LogP) is 4.25. The van der Waals surface area contributed by atoms with Crippen LogP contribution in [0.1, 0.15) is 36.1 Å². The van der Waals surface area contributed by atoms with Gasteiger partial charge in [0.25, 0.3) is 0 Å². The largest absolute Gasteiger partial charge is 0.493 e. The lowest BCUT2D eigenvalue weighted by molar-refractivity contribution is -0.126. The molecule has 4 nitrogen and oxygen atoms in total. The molecule has 0 aromatic heterocycles. The molecule has 1 unspecified atom stereocenters. The quantitative estimate of drug-likeness (QED) is 0.730. The zero-order chi connectivity index (χ0) is 18.5. The Labute approximate surface area is 155 Å². The Kier molecular flexibility index (Phi) is 5.61. The van der Waals surface area contributed by atoms with Crippen molar-refractivity contribution in [3.63, 3.8) is 0 Å². The summed E-state index contributed by atoms with van der Waals surface area (Å²) in [5, 5.41) is 0. The fourth-order valence-electron chi connectivity index (χ4n) is 3.44. The fourth-order valence-corrected chi connectivity index (χ4v) is 3.44. The van der Waals surface area contributed by atoms with Crippen LogP contribution in [0, 0.1) is 0 Å². The molecule has 0 aliphatic heterocycles. The summed E-state index contributed by atoms with van der Waals surface area (Å²) in [6.45, 7) is 2.49. The molecule has 0 bridgehead atoms. The summed E-state index contributed by atoms with van der Waals surface area (Å²) >= 11 is 0. The van der Waals surface area contributed by atoms with Crippen LogP contribution in [0.3, 0.4) is 0 Å². The first kappa shape index (κ1) is 18.1. The maximum Gasteiger partial charge on any atom is 0.246 e. The lowest BCUT2D eigenvalue weighted by Crippen LogP contribution is -2.28. The molecule has 1 aliphatic carbocycles. The van der Waals surface area contributed by atoms with Gasteiger partial charge in [0.05, 0.1) is 19.8 Å². The zero-order valence-electron chi connectivity index (χ0n) is 15.6. The molecule has 0 N–H and O–H groups in total. The maximum absolute atomic E-state index is 12.6. The van der Waals surface area contributed by atoms with Crippen LogP contribution in [-0.2, 0) is 11.2 Å². The van der Waals surface area contributed by atoms with Crippen molar-refractivity contribution in [1.82, 2.24) is 4.90 Å². The molecule has 0 heterocycles. The first-order chi connectivity index (χ1) is 12.6. The van der Waals surface area contributed by atoms with Gasteiger partial charge in [-0.05, 0) is 54.7 Å². The van der Waals surface area contributed by atoms with Crippen molar-refractivity contribution in [2.45, 2.75) is 25.8 Å². The van der Waals surface area contributed by atoms with E-state index in [1.54, 1.807) is 13.2 Å². The third kappa shape index (κ3) is 3.74. The predicted molar refractivity (Wildman–Crippen MR) is 103 cm³/mol. The van der Waals surface area contributed by atoms with Gasteiger partial charge in [0, 0.05) is 13.1 Å². The maximum atomic E-state index is 12.6. The summed E-state index contributed by atoms with van der Waals surface area (Å²) in [4.78, 5) is 14.5. The van der Waals surface area contributed by atoms with Gasteiger partial charge >= 0.3 is 0 Å². The molecule has 0 fully saturated rings. The number of aryl methyl sites for hydroxylation is 1. The van der Waals surface area contributed by atoms with Crippen molar-refractivity contribution in [3.8, 4) is 11.5 Å². The first-order valence-corrected chi connectivity index (χ1v) is 8.97. The van der Waals surface area contributed by atoms with E-state index in [0.717, 1.165) is 18.4 Å². The zero-order valence-corrected chi connectivity index (χ0v) is 15.6. The van der Waals surface area contributed by atoms with E-state index in [1.807, 2.05) is 49.2 Å². The van der Waals surface area contributed by atoms with Crippen molar-refractivity contribution in [2.24, 2.45) is 0 Å². The molecule has 1 atom stereocenters. The average molecular weight is 351 g/mol. The Hall–Kier alpha value is -2.75. The smallest absolute Gasteiger partial charge is 0.246 e. The molecule has 0 saturated carbocycles. The van der Waals surface area contributed by atoms with E-state index >= 15 is 0 Å². The number of benzene rings is 2. The molecule has 136 valence electrons. The summed E-state index contributed by atoms with van der Waals surface area (Å²) in [5.41, 5.74) is 3.51. The number of carbonyl (C=O) groups is 1. The highest BCUT2D eigenvalue weighted by Crippen LogP contribution is 2.35. The van der Waals surface area contributed by atoms with Crippen molar-refractivity contribution < 1.29 is 14.3 Å². The molecule has 0 saturated heterocycles. The van der Waals surface area contributed by atoms with Crippen LogP contribution in [-0.4, -0.2) is 31.6 Å². The Morgan fingerprint density at radius 1 is 1.23 bits per heavy atom. The second-order valence-electron chi connectivity index (χ2n) is 6.38. The van der Waals surface area contributed by atoms with Crippen molar-refractivity contribution in [2.75, 3.05) is 20.8 Å². The normalized spacial score (nSPS) is 15.7.